The first-order valence-electron chi connectivity index (χ1n) is 9.56. The van der Waals surface area contributed by atoms with Crippen molar-refractivity contribution >= 4 is 0 Å². The molecular formula is C18H38O7. The molecule has 0 aromatic rings. The molecule has 0 radical (unpaired) electrons. The molecule has 0 bridgehead atoms. The summed E-state index contributed by atoms with van der Waals surface area (Å²) in [5.74, 6) is -1.94. The van der Waals surface area contributed by atoms with Crippen LogP contribution in [0, 0.1) is 0 Å². The minimum absolute atomic E-state index is 0.0410. The van der Waals surface area contributed by atoms with Gasteiger partial charge in [0.2, 0.25) is 6.29 Å². The van der Waals surface area contributed by atoms with E-state index in [2.05, 4.69) is 6.92 Å². The molecule has 2 N–H and O–H groups in total. The van der Waals surface area contributed by atoms with E-state index in [0.717, 1.165) is 38.5 Å². The lowest BCUT2D eigenvalue weighted by Crippen LogP contribution is -2.51. The fraction of sp³-hybridized carbons (Fsp3) is 1.00. The summed E-state index contributed by atoms with van der Waals surface area (Å²) in [6.45, 7) is 8.00. The third-order valence-corrected chi connectivity index (χ3v) is 3.41. The zero-order valence-corrected chi connectivity index (χ0v) is 16.2. The van der Waals surface area contributed by atoms with Crippen molar-refractivity contribution in [2.45, 2.75) is 71.6 Å². The summed E-state index contributed by atoms with van der Waals surface area (Å²) in [4.78, 5) is 0. The van der Waals surface area contributed by atoms with Gasteiger partial charge in [-0.25, -0.2) is 0 Å². The number of hydrogen-bond acceptors (Lipinski definition) is 7. The normalized spacial score (nSPS) is 13.3. The van der Waals surface area contributed by atoms with Gasteiger partial charge in [0.15, 0.2) is 0 Å². The van der Waals surface area contributed by atoms with Gasteiger partial charge in [-0.3, -0.25) is 0 Å². The van der Waals surface area contributed by atoms with Gasteiger partial charge < -0.3 is 33.9 Å². The van der Waals surface area contributed by atoms with Crippen LogP contribution in [0.5, 0.6) is 0 Å². The van der Waals surface area contributed by atoms with E-state index < -0.39 is 12.3 Å². The number of unbranched alkanes of at least 4 members (excludes halogenated alkanes) is 3. The summed E-state index contributed by atoms with van der Waals surface area (Å²) in [7, 11) is 0. The highest BCUT2D eigenvalue weighted by molar-refractivity contribution is 4.62. The van der Waals surface area contributed by atoms with Crippen molar-refractivity contribution in [1.29, 1.82) is 0 Å². The van der Waals surface area contributed by atoms with Gasteiger partial charge in [0, 0.05) is 0 Å². The Balaban J connectivity index is 4.72. The quantitative estimate of drug-likeness (QED) is 0.268. The van der Waals surface area contributed by atoms with Gasteiger partial charge in [0.05, 0.1) is 46.2 Å². The maximum absolute atomic E-state index is 10.9. The van der Waals surface area contributed by atoms with Gasteiger partial charge in [0.1, 0.15) is 0 Å². The summed E-state index contributed by atoms with van der Waals surface area (Å²) >= 11 is 0. The Labute approximate surface area is 152 Å². The number of ether oxygens (including phenoxy) is 5. The summed E-state index contributed by atoms with van der Waals surface area (Å²) in [6.07, 6.45) is 4.27. The first-order valence-corrected chi connectivity index (χ1v) is 9.56. The van der Waals surface area contributed by atoms with Crippen LogP contribution in [0.2, 0.25) is 0 Å². The highest BCUT2D eigenvalue weighted by Gasteiger charge is 2.42. The third kappa shape index (κ3) is 12.7. The molecule has 1 unspecified atom stereocenters. The first-order chi connectivity index (χ1) is 12.1. The molecule has 152 valence electrons. The maximum atomic E-state index is 10.9. The molecule has 7 heteroatoms. The molecule has 0 amide bonds. The van der Waals surface area contributed by atoms with E-state index in [1.54, 1.807) is 0 Å². The molecule has 0 fully saturated rings. The number of aliphatic hydroxyl groups excluding tert-OH is 1. The second-order valence-corrected chi connectivity index (χ2v) is 5.80. The van der Waals surface area contributed by atoms with Crippen LogP contribution in [0.3, 0.4) is 0 Å². The van der Waals surface area contributed by atoms with Crippen LogP contribution in [0.1, 0.15) is 59.3 Å². The van der Waals surface area contributed by atoms with Crippen LogP contribution in [-0.2, 0) is 23.7 Å². The summed E-state index contributed by atoms with van der Waals surface area (Å²) in [5, 5.41) is 19.6. The zero-order chi connectivity index (χ0) is 18.8. The molecule has 0 aliphatic heterocycles. The van der Waals surface area contributed by atoms with Crippen molar-refractivity contribution in [2.24, 2.45) is 0 Å². The van der Waals surface area contributed by atoms with Gasteiger partial charge in [-0.15, -0.1) is 0 Å². The smallest absolute Gasteiger partial charge is 0.334 e. The number of aliphatic hydroxyl groups is 2. The van der Waals surface area contributed by atoms with Crippen molar-refractivity contribution in [1.82, 2.24) is 0 Å². The van der Waals surface area contributed by atoms with Gasteiger partial charge >= 0.3 is 5.97 Å². The Morgan fingerprint density at radius 1 is 0.720 bits per heavy atom. The second kappa shape index (κ2) is 17.1. The summed E-state index contributed by atoms with van der Waals surface area (Å²) < 4.78 is 27.7. The monoisotopic (exact) mass is 366 g/mol. The Morgan fingerprint density at radius 3 is 1.76 bits per heavy atom. The molecule has 0 aliphatic carbocycles. The lowest BCUT2D eigenvalue weighted by molar-refractivity contribution is -0.443. The second-order valence-electron chi connectivity index (χ2n) is 5.80. The van der Waals surface area contributed by atoms with Gasteiger partial charge in [-0.1, -0.05) is 40.0 Å². The Kier molecular flexibility index (Phi) is 17.0. The Hall–Kier alpha value is -0.280. The van der Waals surface area contributed by atoms with Gasteiger partial charge in [0.25, 0.3) is 0 Å². The summed E-state index contributed by atoms with van der Waals surface area (Å²) in [6, 6.07) is 0. The van der Waals surface area contributed by atoms with E-state index in [0.29, 0.717) is 19.8 Å². The van der Waals surface area contributed by atoms with E-state index in [9.17, 15) is 5.11 Å². The maximum Gasteiger partial charge on any atom is 0.334 e. The fourth-order valence-corrected chi connectivity index (χ4v) is 1.88. The largest absolute Gasteiger partial charge is 0.394 e. The molecule has 0 saturated carbocycles. The predicted molar refractivity (Wildman–Crippen MR) is 95.2 cm³/mol. The zero-order valence-electron chi connectivity index (χ0n) is 16.2. The predicted octanol–water partition coefficient (Wildman–Crippen LogP) is 2.43. The van der Waals surface area contributed by atoms with Crippen molar-refractivity contribution in [3.63, 3.8) is 0 Å². The molecule has 0 aromatic carbocycles. The first kappa shape index (κ1) is 24.7. The molecule has 7 nitrogen and oxygen atoms in total. The van der Waals surface area contributed by atoms with Crippen LogP contribution >= 0.6 is 0 Å². The minimum Gasteiger partial charge on any atom is -0.394 e. The number of hydrogen-bond donors (Lipinski definition) is 2. The van der Waals surface area contributed by atoms with Crippen LogP contribution in [0.15, 0.2) is 0 Å². The topological polar surface area (TPSA) is 86.6 Å². The minimum atomic E-state index is -1.94. The summed E-state index contributed by atoms with van der Waals surface area (Å²) in [5.41, 5.74) is 0. The standard InChI is InChI=1S/C18H38O7/c1-4-7-11-22-17(23-16-15-21-14-10-19)18(20,24-12-8-5-2)25-13-9-6-3/h17,19-20H,4-16H2,1-3H3. The van der Waals surface area contributed by atoms with Crippen molar-refractivity contribution in [3.05, 3.63) is 0 Å². The van der Waals surface area contributed by atoms with Crippen molar-refractivity contribution in [3.8, 4) is 0 Å². The SMILES string of the molecule is CCCCOC(OCCOCCO)C(O)(OCCCC)OCCCC. The van der Waals surface area contributed by atoms with Gasteiger partial charge in [-0.2, -0.15) is 0 Å². The molecule has 1 atom stereocenters. The van der Waals surface area contributed by atoms with E-state index in [-0.39, 0.29) is 26.4 Å². The van der Waals surface area contributed by atoms with Gasteiger partial charge in [-0.05, 0) is 19.3 Å². The number of rotatable bonds is 19. The molecular weight excluding hydrogens is 328 g/mol. The molecule has 0 rings (SSSR count). The highest BCUT2D eigenvalue weighted by Crippen LogP contribution is 2.21. The highest BCUT2D eigenvalue weighted by atomic mass is 16.9. The Morgan fingerprint density at radius 2 is 1.24 bits per heavy atom. The fourth-order valence-electron chi connectivity index (χ4n) is 1.88. The molecule has 25 heavy (non-hydrogen) atoms. The molecule has 0 aromatic heterocycles. The van der Waals surface area contributed by atoms with Crippen LogP contribution in [-0.4, -0.2) is 68.7 Å². The van der Waals surface area contributed by atoms with Crippen molar-refractivity contribution < 1.29 is 33.9 Å². The molecule has 0 aliphatic rings. The van der Waals surface area contributed by atoms with E-state index >= 15 is 0 Å². The van der Waals surface area contributed by atoms with Crippen LogP contribution < -0.4 is 0 Å². The lowest BCUT2D eigenvalue weighted by atomic mass is 10.3. The molecule has 0 heterocycles. The van der Waals surface area contributed by atoms with Crippen molar-refractivity contribution in [2.75, 3.05) is 46.2 Å². The van der Waals surface area contributed by atoms with Crippen LogP contribution in [0.4, 0.5) is 0 Å². The Bertz CT molecular complexity index is 266. The van der Waals surface area contributed by atoms with E-state index in [4.69, 9.17) is 28.8 Å². The molecule has 0 saturated heterocycles. The van der Waals surface area contributed by atoms with E-state index in [1.165, 1.54) is 0 Å². The third-order valence-electron chi connectivity index (χ3n) is 3.41. The average molecular weight is 366 g/mol. The molecule has 0 spiro atoms. The average Bonchev–Trinajstić information content (AvgIpc) is 2.60. The van der Waals surface area contributed by atoms with E-state index in [1.807, 2.05) is 13.8 Å². The van der Waals surface area contributed by atoms with Crippen LogP contribution in [0.25, 0.3) is 0 Å². The lowest BCUT2D eigenvalue weighted by Gasteiger charge is -2.34.